The molecule has 0 spiro atoms. The van der Waals surface area contributed by atoms with Crippen LogP contribution < -0.4 is 122 Å². The van der Waals surface area contributed by atoms with Crippen LogP contribution in [0.2, 0.25) is 0 Å². The summed E-state index contributed by atoms with van der Waals surface area (Å²) < 4.78 is 0. The minimum atomic E-state index is -1.90. The summed E-state index contributed by atoms with van der Waals surface area (Å²) in [5.41, 5.74) is 71.6. The van der Waals surface area contributed by atoms with E-state index in [0.717, 1.165) is 0 Å². The second-order valence-corrected chi connectivity index (χ2v) is 20.4. The third kappa shape index (κ3) is 37.5. The Hall–Kier alpha value is -9.15. The predicted octanol–water partition coefficient (Wildman–Crippen LogP) is -12.1. The van der Waals surface area contributed by atoms with Crippen LogP contribution in [0, 0.1) is 0 Å². The number of nitrogens with two attached hydrogens (primary N) is 13. The fourth-order valence-electron chi connectivity index (χ4n) is 8.09. The molecule has 0 aliphatic carbocycles. The highest BCUT2D eigenvalue weighted by Gasteiger charge is 2.35. The van der Waals surface area contributed by atoms with Crippen LogP contribution in [0.4, 0.5) is 0 Å². The number of carbonyl (C=O) groups excluding carboxylic acids is 9. The molecule has 0 aliphatic rings. The van der Waals surface area contributed by atoms with E-state index in [0.29, 0.717) is 32.1 Å². The van der Waals surface area contributed by atoms with Crippen molar-refractivity contribution in [2.75, 3.05) is 65.6 Å². The molecule has 0 aromatic heterocycles. The van der Waals surface area contributed by atoms with Gasteiger partial charge in [-0.2, -0.15) is 0 Å². The third-order valence-corrected chi connectivity index (χ3v) is 12.8. The summed E-state index contributed by atoms with van der Waals surface area (Å²) in [7, 11) is 0. The Bertz CT molecular complexity index is 2410. The van der Waals surface area contributed by atoms with Crippen LogP contribution in [-0.2, 0) is 47.9 Å². The largest absolute Gasteiger partial charge is 0.480 e. The fourth-order valence-corrected chi connectivity index (χ4v) is 8.09. The number of amides is 9. The number of guanidine groups is 5. The SMILES string of the molecule is NCCCC[C@H](NC(=O)[C@H](CCCCN)NC(=O)[C@H](CCCN=C(N)N)NC(=O)[C@H](CCCN=C(N)N)NC(=O)[C@H](CO)NC(=O)[C@H](CO)NC(=O)[C@H](CCCN=C(N)N)NC(=O)[C@H](CCCN=C(N)N)NC(=O)CNC(=O)[C@@H](N)CCCN=C(N)N)C(=O)O. The van der Waals surface area contributed by atoms with Gasteiger partial charge in [0.1, 0.15) is 48.3 Å². The molecule has 40 nitrogen and oxygen atoms in total. The summed E-state index contributed by atoms with van der Waals surface area (Å²) in [5, 5.41) is 52.5. The van der Waals surface area contributed by atoms with Crippen LogP contribution in [0.1, 0.15) is 103 Å². The van der Waals surface area contributed by atoms with E-state index >= 15 is 0 Å². The van der Waals surface area contributed by atoms with Crippen molar-refractivity contribution in [1.82, 2.24) is 47.9 Å². The van der Waals surface area contributed by atoms with Gasteiger partial charge in [0.25, 0.3) is 0 Å². The zero-order valence-corrected chi connectivity index (χ0v) is 50.7. The maximum atomic E-state index is 14.3. The van der Waals surface area contributed by atoms with Gasteiger partial charge in [-0.15, -0.1) is 0 Å². The lowest BCUT2D eigenvalue weighted by molar-refractivity contribution is -0.142. The topological polar surface area (TPSA) is 740 Å². The van der Waals surface area contributed by atoms with Crippen molar-refractivity contribution >= 4 is 88.9 Å². The number of rotatable bonds is 49. The zero-order chi connectivity index (χ0) is 68.1. The number of aliphatic imine (C=N–C) groups is 5. The van der Waals surface area contributed by atoms with E-state index in [1.165, 1.54) is 0 Å². The molecule has 0 aliphatic heterocycles. The molecule has 40 heteroatoms. The van der Waals surface area contributed by atoms with Gasteiger partial charge in [0.15, 0.2) is 29.8 Å². The third-order valence-electron chi connectivity index (χ3n) is 12.8. The molecule has 0 unspecified atom stereocenters. The molecule has 90 heavy (non-hydrogen) atoms. The summed E-state index contributed by atoms with van der Waals surface area (Å²) in [6.07, 6.45) is 1.63. The monoisotopic (exact) mass is 1290 g/mol. The number of hydrogen-bond donors (Lipinski definition) is 25. The molecule has 0 aromatic carbocycles. The molecule has 0 fully saturated rings. The van der Waals surface area contributed by atoms with Crippen molar-refractivity contribution in [2.45, 2.75) is 157 Å². The van der Waals surface area contributed by atoms with Gasteiger partial charge in [-0.1, -0.05) is 0 Å². The molecule has 9 amide bonds. The van der Waals surface area contributed by atoms with Crippen molar-refractivity contribution in [1.29, 1.82) is 0 Å². The van der Waals surface area contributed by atoms with E-state index in [-0.39, 0.29) is 146 Å². The molecule has 0 heterocycles. The van der Waals surface area contributed by atoms with Crippen LogP contribution in [0.5, 0.6) is 0 Å². The van der Waals surface area contributed by atoms with Crippen molar-refractivity contribution < 1.29 is 63.3 Å². The minimum absolute atomic E-state index is 0.00183. The number of aliphatic hydroxyl groups is 2. The van der Waals surface area contributed by atoms with Gasteiger partial charge >= 0.3 is 5.97 Å². The molecule has 0 aromatic rings. The van der Waals surface area contributed by atoms with Crippen molar-refractivity contribution in [2.24, 2.45) is 99.5 Å². The van der Waals surface area contributed by atoms with Crippen molar-refractivity contribution in [3.8, 4) is 0 Å². The second kappa shape index (κ2) is 46.9. The molecule has 0 radical (unpaired) electrons. The number of carbonyl (C=O) groups is 10. The number of unbranched alkanes of at least 4 members (excludes halogenated alkanes) is 2. The van der Waals surface area contributed by atoms with Gasteiger partial charge in [0, 0.05) is 32.7 Å². The Balaban J connectivity index is 6.84. The number of nitrogens with zero attached hydrogens (tertiary/aromatic N) is 5. The standard InChI is InChI=1S/C50H99N27O13/c51-17-3-1-11-29(41(85)75-33(45(89)90)12-2-4-18-52)71-39(83)30(14-7-21-66-48(58)59)73-40(84)31(15-8-22-67-49(60)61)74-43(87)34(25-78)77-44(88)35(26-79)76-42(86)32(16-9-23-68-50(62)63)72-38(82)28(13-6-20-65-47(56)57)70-36(80)24-69-37(81)27(53)10-5-19-64-46(54)55/h27-35,78-79H,1-26,51-53H2,(H,69,81)(H,70,80)(H,71,83)(H,72,82)(H,73,84)(H,74,87)(H,75,85)(H,76,86)(H,77,88)(H,89,90)(H4,54,55,64)(H4,56,57,65)(H4,58,59,66)(H4,60,61,67)(H4,62,63,68)/t27-,28-,29-,30-,31-,32-,33-,34-,35-/m0/s1. The number of hydrogen-bond acceptors (Lipinski definition) is 20. The van der Waals surface area contributed by atoms with Crippen LogP contribution in [0.25, 0.3) is 0 Å². The lowest BCUT2D eigenvalue weighted by atomic mass is 10.0. The molecule has 38 N–H and O–H groups in total. The molecule has 512 valence electrons. The molecule has 0 saturated carbocycles. The zero-order valence-electron chi connectivity index (χ0n) is 50.7. The van der Waals surface area contributed by atoms with Gasteiger partial charge in [0.2, 0.25) is 53.2 Å². The second-order valence-electron chi connectivity index (χ2n) is 20.4. The quantitative estimate of drug-likeness (QED) is 0.0153. The average molecular weight is 1290 g/mol. The van der Waals surface area contributed by atoms with Crippen molar-refractivity contribution in [3.63, 3.8) is 0 Å². The van der Waals surface area contributed by atoms with E-state index < -0.39 is 133 Å². The number of aliphatic carboxylic acids is 1. The van der Waals surface area contributed by atoms with E-state index in [9.17, 15) is 63.3 Å². The van der Waals surface area contributed by atoms with E-state index in [1.807, 2.05) is 0 Å². The van der Waals surface area contributed by atoms with Gasteiger partial charge < -0.3 is 138 Å². The molecular formula is C50H99N27O13. The first-order chi connectivity index (χ1) is 42.6. The summed E-state index contributed by atoms with van der Waals surface area (Å²) in [6, 6.07) is -13.5. The summed E-state index contributed by atoms with van der Waals surface area (Å²) in [5.74, 6) is -11.4. The molecule has 0 rings (SSSR count). The number of aliphatic hydroxyl groups excluding tert-OH is 2. The van der Waals surface area contributed by atoms with Crippen LogP contribution >= 0.6 is 0 Å². The maximum absolute atomic E-state index is 14.3. The summed E-state index contributed by atoms with van der Waals surface area (Å²) >= 11 is 0. The number of nitrogens with one attached hydrogen (secondary N) is 9. The normalized spacial score (nSPS) is 13.7. The first-order valence-corrected chi connectivity index (χ1v) is 29.2. The maximum Gasteiger partial charge on any atom is 0.326 e. The Morgan fingerprint density at radius 2 is 0.567 bits per heavy atom. The summed E-state index contributed by atoms with van der Waals surface area (Å²) in [6.45, 7) is -2.34. The van der Waals surface area contributed by atoms with Gasteiger partial charge in [-0.3, -0.25) is 68.1 Å². The lowest BCUT2D eigenvalue weighted by Gasteiger charge is -2.27. The highest BCUT2D eigenvalue weighted by Crippen LogP contribution is 2.10. The van der Waals surface area contributed by atoms with E-state index in [1.54, 1.807) is 0 Å². The van der Waals surface area contributed by atoms with Crippen LogP contribution in [0.3, 0.4) is 0 Å². The molecule has 9 atom stereocenters. The average Bonchev–Trinajstić information content (AvgIpc) is 2.86. The Labute approximate surface area is 520 Å². The Morgan fingerprint density at radius 3 is 0.844 bits per heavy atom. The summed E-state index contributed by atoms with van der Waals surface area (Å²) in [4.78, 5) is 155. The minimum Gasteiger partial charge on any atom is -0.480 e. The molecular weight excluding hydrogens is 1190 g/mol. The first kappa shape index (κ1) is 80.8. The number of carboxylic acid groups (broad SMARTS) is 1. The predicted molar refractivity (Wildman–Crippen MR) is 334 cm³/mol. The van der Waals surface area contributed by atoms with Gasteiger partial charge in [0.05, 0.1) is 25.8 Å². The van der Waals surface area contributed by atoms with Gasteiger partial charge in [-0.05, 0) is 116 Å². The fraction of sp³-hybridized carbons (Fsp3) is 0.700. The Kier molecular flexibility index (Phi) is 42.2. The molecule has 0 bridgehead atoms. The number of carboxylic acids is 1. The smallest absolute Gasteiger partial charge is 0.326 e. The van der Waals surface area contributed by atoms with Crippen LogP contribution in [-0.4, -0.2) is 224 Å². The lowest BCUT2D eigenvalue weighted by Crippen LogP contribution is -2.61. The highest BCUT2D eigenvalue weighted by molar-refractivity contribution is 5.98. The van der Waals surface area contributed by atoms with Crippen LogP contribution in [0.15, 0.2) is 25.0 Å². The highest BCUT2D eigenvalue weighted by atomic mass is 16.4. The molecule has 0 saturated heterocycles. The van der Waals surface area contributed by atoms with Crippen molar-refractivity contribution in [3.05, 3.63) is 0 Å². The van der Waals surface area contributed by atoms with E-state index in [2.05, 4.69) is 72.8 Å². The first-order valence-electron chi connectivity index (χ1n) is 29.2. The van der Waals surface area contributed by atoms with Gasteiger partial charge in [-0.25, -0.2) is 4.79 Å². The Morgan fingerprint density at radius 1 is 0.322 bits per heavy atom. The van der Waals surface area contributed by atoms with E-state index in [4.69, 9.17) is 74.5 Å².